The van der Waals surface area contributed by atoms with E-state index < -0.39 is 0 Å². The maximum atomic E-state index is 13.5. The molecule has 0 bridgehead atoms. The second kappa shape index (κ2) is 5.41. The highest BCUT2D eigenvalue weighted by Gasteiger charge is 2.25. The molecule has 2 rings (SSSR count). The molecule has 1 N–H and O–H groups in total. The van der Waals surface area contributed by atoms with E-state index in [2.05, 4.69) is 5.32 Å². The lowest BCUT2D eigenvalue weighted by Crippen LogP contribution is -2.42. The number of rotatable bonds is 3. The van der Waals surface area contributed by atoms with Gasteiger partial charge in [0.2, 0.25) is 0 Å². The quantitative estimate of drug-likeness (QED) is 0.846. The van der Waals surface area contributed by atoms with Crippen LogP contribution in [0.3, 0.4) is 0 Å². The number of methoxy groups -OCH3 is 1. The fraction of sp³-hybridized carbons (Fsp3) is 0.538. The molecular formula is C13H18FNO. The largest absolute Gasteiger partial charge is 0.380 e. The van der Waals surface area contributed by atoms with E-state index in [1.165, 1.54) is 6.07 Å². The molecule has 0 radical (unpaired) electrons. The molecule has 1 saturated heterocycles. The molecule has 0 spiro atoms. The molecule has 1 aromatic rings. The summed E-state index contributed by atoms with van der Waals surface area (Å²) in [5, 5.41) is 3.30. The van der Waals surface area contributed by atoms with Crippen molar-refractivity contribution in [2.75, 3.05) is 20.2 Å². The number of nitrogens with one attached hydrogen (secondary N) is 1. The molecule has 1 heterocycles. The average molecular weight is 223 g/mol. The van der Waals surface area contributed by atoms with E-state index in [4.69, 9.17) is 4.74 Å². The summed E-state index contributed by atoms with van der Waals surface area (Å²) in [6.07, 6.45) is 2.02. The van der Waals surface area contributed by atoms with Crippen molar-refractivity contribution >= 4 is 0 Å². The third kappa shape index (κ3) is 2.60. The highest BCUT2D eigenvalue weighted by atomic mass is 19.1. The zero-order valence-corrected chi connectivity index (χ0v) is 9.58. The Morgan fingerprint density at radius 1 is 1.44 bits per heavy atom. The number of benzene rings is 1. The number of hydrogen-bond acceptors (Lipinski definition) is 2. The molecule has 16 heavy (non-hydrogen) atoms. The van der Waals surface area contributed by atoms with E-state index in [-0.39, 0.29) is 11.9 Å². The van der Waals surface area contributed by atoms with Gasteiger partial charge >= 0.3 is 0 Å². The van der Waals surface area contributed by atoms with Gasteiger partial charge in [0.25, 0.3) is 0 Å². The smallest absolute Gasteiger partial charge is 0.126 e. The Kier molecular flexibility index (Phi) is 3.91. The van der Waals surface area contributed by atoms with Crippen molar-refractivity contribution in [1.82, 2.24) is 5.32 Å². The predicted molar refractivity (Wildman–Crippen MR) is 61.9 cm³/mol. The lowest BCUT2D eigenvalue weighted by Gasteiger charge is -2.31. The standard InChI is InChI=1S/C13H18FNO/c1-16-13-9-15-7-6-11(13)8-10-4-2-3-5-12(10)14/h2-5,11,13,15H,6-9H2,1H3. The molecule has 1 aromatic carbocycles. The van der Waals surface area contributed by atoms with Crippen molar-refractivity contribution in [3.05, 3.63) is 35.6 Å². The number of ether oxygens (including phenoxy) is 1. The van der Waals surface area contributed by atoms with Crippen LogP contribution in [0.2, 0.25) is 0 Å². The second-order valence-electron chi connectivity index (χ2n) is 4.32. The van der Waals surface area contributed by atoms with Crippen molar-refractivity contribution in [2.45, 2.75) is 18.9 Å². The summed E-state index contributed by atoms with van der Waals surface area (Å²) in [4.78, 5) is 0. The van der Waals surface area contributed by atoms with Gasteiger partial charge in [-0.2, -0.15) is 0 Å². The van der Waals surface area contributed by atoms with Crippen LogP contribution >= 0.6 is 0 Å². The number of hydrogen-bond donors (Lipinski definition) is 1. The molecule has 0 amide bonds. The Morgan fingerprint density at radius 2 is 2.25 bits per heavy atom. The average Bonchev–Trinajstić information content (AvgIpc) is 2.33. The first-order chi connectivity index (χ1) is 7.81. The zero-order valence-electron chi connectivity index (χ0n) is 9.58. The Balaban J connectivity index is 2.05. The summed E-state index contributed by atoms with van der Waals surface area (Å²) in [7, 11) is 1.73. The summed E-state index contributed by atoms with van der Waals surface area (Å²) in [6, 6.07) is 7.01. The van der Waals surface area contributed by atoms with Crippen LogP contribution in [0.4, 0.5) is 4.39 Å². The van der Waals surface area contributed by atoms with Crippen molar-refractivity contribution in [2.24, 2.45) is 5.92 Å². The van der Waals surface area contributed by atoms with E-state index in [1.807, 2.05) is 12.1 Å². The van der Waals surface area contributed by atoms with Gasteiger partial charge in [-0.05, 0) is 36.9 Å². The van der Waals surface area contributed by atoms with Gasteiger partial charge in [0, 0.05) is 13.7 Å². The molecular weight excluding hydrogens is 205 g/mol. The van der Waals surface area contributed by atoms with Crippen LogP contribution in [0, 0.1) is 11.7 Å². The molecule has 3 heteroatoms. The molecule has 88 valence electrons. The van der Waals surface area contributed by atoms with E-state index in [1.54, 1.807) is 13.2 Å². The highest BCUT2D eigenvalue weighted by molar-refractivity contribution is 5.18. The minimum absolute atomic E-state index is 0.101. The molecule has 0 saturated carbocycles. The maximum absolute atomic E-state index is 13.5. The van der Waals surface area contributed by atoms with Crippen molar-refractivity contribution in [3.8, 4) is 0 Å². The van der Waals surface area contributed by atoms with Gasteiger partial charge in [-0.3, -0.25) is 0 Å². The SMILES string of the molecule is COC1CNCCC1Cc1ccccc1F. The van der Waals surface area contributed by atoms with Crippen LogP contribution in [-0.4, -0.2) is 26.3 Å². The van der Waals surface area contributed by atoms with Crippen molar-refractivity contribution in [1.29, 1.82) is 0 Å². The number of piperidine rings is 1. The third-order valence-corrected chi connectivity index (χ3v) is 3.31. The molecule has 2 nitrogen and oxygen atoms in total. The van der Waals surface area contributed by atoms with Crippen LogP contribution in [0.15, 0.2) is 24.3 Å². The van der Waals surface area contributed by atoms with Crippen LogP contribution in [0.1, 0.15) is 12.0 Å². The summed E-state index contributed by atoms with van der Waals surface area (Å²) < 4.78 is 19.0. The monoisotopic (exact) mass is 223 g/mol. The molecule has 2 unspecified atom stereocenters. The number of halogens is 1. The van der Waals surface area contributed by atoms with Gasteiger partial charge in [-0.1, -0.05) is 18.2 Å². The Labute approximate surface area is 95.8 Å². The van der Waals surface area contributed by atoms with E-state index in [0.29, 0.717) is 5.92 Å². The fourth-order valence-electron chi connectivity index (χ4n) is 2.34. The van der Waals surface area contributed by atoms with Gasteiger partial charge in [0.15, 0.2) is 0 Å². The second-order valence-corrected chi connectivity index (χ2v) is 4.32. The summed E-state index contributed by atoms with van der Waals surface area (Å²) in [5.41, 5.74) is 0.802. The molecule has 0 aromatic heterocycles. The summed E-state index contributed by atoms with van der Waals surface area (Å²) >= 11 is 0. The lowest BCUT2D eigenvalue weighted by molar-refractivity contribution is 0.0338. The van der Waals surface area contributed by atoms with Crippen molar-refractivity contribution < 1.29 is 9.13 Å². The minimum Gasteiger partial charge on any atom is -0.380 e. The van der Waals surface area contributed by atoms with Crippen LogP contribution in [0.25, 0.3) is 0 Å². The van der Waals surface area contributed by atoms with Crippen LogP contribution in [0.5, 0.6) is 0 Å². The predicted octanol–water partition coefficient (Wildman–Crippen LogP) is 1.99. The summed E-state index contributed by atoms with van der Waals surface area (Å²) in [6.45, 7) is 1.87. The Hall–Kier alpha value is -0.930. The first-order valence-electron chi connectivity index (χ1n) is 5.78. The highest BCUT2D eigenvalue weighted by Crippen LogP contribution is 2.21. The molecule has 1 aliphatic heterocycles. The minimum atomic E-state index is -0.101. The first kappa shape index (κ1) is 11.6. The molecule has 1 fully saturated rings. The molecule has 2 atom stereocenters. The van der Waals surface area contributed by atoms with Gasteiger partial charge in [-0.15, -0.1) is 0 Å². The van der Waals surface area contributed by atoms with E-state index >= 15 is 0 Å². The van der Waals surface area contributed by atoms with Gasteiger partial charge < -0.3 is 10.1 Å². The van der Waals surface area contributed by atoms with Gasteiger partial charge in [0.1, 0.15) is 5.82 Å². The zero-order chi connectivity index (χ0) is 11.4. The van der Waals surface area contributed by atoms with Crippen LogP contribution < -0.4 is 5.32 Å². The van der Waals surface area contributed by atoms with E-state index in [9.17, 15) is 4.39 Å². The van der Waals surface area contributed by atoms with E-state index in [0.717, 1.165) is 31.5 Å². The normalized spacial score (nSPS) is 25.6. The van der Waals surface area contributed by atoms with Crippen LogP contribution in [-0.2, 0) is 11.2 Å². The maximum Gasteiger partial charge on any atom is 0.126 e. The van der Waals surface area contributed by atoms with Crippen molar-refractivity contribution in [3.63, 3.8) is 0 Å². The fourth-order valence-corrected chi connectivity index (χ4v) is 2.34. The topological polar surface area (TPSA) is 21.3 Å². The molecule has 1 aliphatic rings. The van der Waals surface area contributed by atoms with Gasteiger partial charge in [-0.25, -0.2) is 4.39 Å². The Morgan fingerprint density at radius 3 is 3.00 bits per heavy atom. The first-order valence-corrected chi connectivity index (χ1v) is 5.78. The lowest BCUT2D eigenvalue weighted by atomic mass is 9.88. The third-order valence-electron chi connectivity index (χ3n) is 3.31. The molecule has 0 aliphatic carbocycles. The summed E-state index contributed by atoms with van der Waals surface area (Å²) in [5.74, 6) is 0.319. The Bertz CT molecular complexity index is 342. The van der Waals surface area contributed by atoms with Gasteiger partial charge in [0.05, 0.1) is 6.10 Å².